The van der Waals surface area contributed by atoms with Gasteiger partial charge in [-0.25, -0.2) is 0 Å². The smallest absolute Gasteiger partial charge is 0.282 e. The number of anilines is 1. The molecule has 7 heteroatoms. The minimum absolute atomic E-state index is 0.0167. The summed E-state index contributed by atoms with van der Waals surface area (Å²) in [5.74, 6) is 0.147. The van der Waals surface area contributed by atoms with Crippen molar-refractivity contribution < 1.29 is 19.4 Å². The number of carbonyl (C=O) groups is 2. The molecule has 0 spiro atoms. The van der Waals surface area contributed by atoms with Crippen molar-refractivity contribution in [2.45, 2.75) is 32.7 Å². The van der Waals surface area contributed by atoms with Crippen molar-refractivity contribution in [1.82, 2.24) is 5.32 Å². The number of benzene rings is 1. The SMILES string of the molecule is CCCCNC(=O)C[NH+]1CC[NH+]([C@H](C)C(=O)Nc2ccc(Cl)cc2)CC1. The fraction of sp³-hybridized carbons (Fsp3) is 0.579. The fourth-order valence-electron chi connectivity index (χ4n) is 3.20. The van der Waals surface area contributed by atoms with Gasteiger partial charge in [-0.3, -0.25) is 9.59 Å². The largest absolute Gasteiger partial charge is 0.351 e. The monoisotopic (exact) mass is 382 g/mol. The lowest BCUT2D eigenvalue weighted by Crippen LogP contribution is -3.30. The maximum atomic E-state index is 12.5. The van der Waals surface area contributed by atoms with E-state index in [2.05, 4.69) is 17.6 Å². The Bertz CT molecular complexity index is 586. The van der Waals surface area contributed by atoms with Crippen molar-refractivity contribution in [2.24, 2.45) is 0 Å². The summed E-state index contributed by atoms with van der Waals surface area (Å²) >= 11 is 5.87. The first kappa shape index (κ1) is 20.7. The molecule has 0 unspecified atom stereocenters. The third-order valence-electron chi connectivity index (χ3n) is 4.98. The second kappa shape index (κ2) is 10.5. The molecule has 0 aliphatic carbocycles. The van der Waals surface area contributed by atoms with Crippen LogP contribution >= 0.6 is 11.6 Å². The van der Waals surface area contributed by atoms with Gasteiger partial charge in [0, 0.05) is 17.3 Å². The van der Waals surface area contributed by atoms with Gasteiger partial charge in [-0.05, 0) is 37.6 Å². The molecule has 1 heterocycles. The standard InChI is InChI=1S/C19H29ClN4O2/c1-3-4-9-21-18(25)14-23-10-12-24(13-11-23)15(2)19(26)22-17-7-5-16(20)6-8-17/h5-8,15H,3-4,9-14H2,1-2H3,(H,21,25)(H,22,26)/p+2/t15-/m1/s1. The van der Waals surface area contributed by atoms with E-state index < -0.39 is 0 Å². The number of halogens is 1. The van der Waals surface area contributed by atoms with Crippen LogP contribution in [0.2, 0.25) is 5.02 Å². The van der Waals surface area contributed by atoms with E-state index in [1.165, 1.54) is 9.80 Å². The van der Waals surface area contributed by atoms with Crippen molar-refractivity contribution >= 4 is 29.1 Å². The van der Waals surface area contributed by atoms with Gasteiger partial charge in [-0.2, -0.15) is 0 Å². The molecule has 0 saturated carbocycles. The van der Waals surface area contributed by atoms with Gasteiger partial charge < -0.3 is 20.4 Å². The predicted octanol–water partition coefficient (Wildman–Crippen LogP) is -0.633. The van der Waals surface area contributed by atoms with Crippen molar-refractivity contribution in [1.29, 1.82) is 0 Å². The fourth-order valence-corrected chi connectivity index (χ4v) is 3.32. The zero-order valence-corrected chi connectivity index (χ0v) is 16.5. The topological polar surface area (TPSA) is 67.1 Å². The first-order valence-electron chi connectivity index (χ1n) is 9.51. The Labute approximate surface area is 160 Å². The highest BCUT2D eigenvalue weighted by atomic mass is 35.5. The molecule has 2 amide bonds. The molecule has 0 bridgehead atoms. The summed E-state index contributed by atoms with van der Waals surface area (Å²) in [5.41, 5.74) is 0.763. The Hall–Kier alpha value is -1.63. The number of carbonyl (C=O) groups excluding carboxylic acids is 2. The number of rotatable bonds is 8. The summed E-state index contributed by atoms with van der Waals surface area (Å²) in [6.45, 7) is 8.99. The van der Waals surface area contributed by atoms with E-state index in [0.717, 1.165) is 51.3 Å². The number of amides is 2. The van der Waals surface area contributed by atoms with Crippen molar-refractivity contribution in [3.05, 3.63) is 29.3 Å². The van der Waals surface area contributed by atoms with Crippen LogP contribution in [0.1, 0.15) is 26.7 Å². The van der Waals surface area contributed by atoms with E-state index >= 15 is 0 Å². The lowest BCUT2D eigenvalue weighted by atomic mass is 10.2. The normalized spacial score (nSPS) is 21.0. The highest BCUT2D eigenvalue weighted by Crippen LogP contribution is 2.13. The molecule has 1 fully saturated rings. The average Bonchev–Trinajstić information content (AvgIpc) is 2.64. The Morgan fingerprint density at radius 2 is 1.81 bits per heavy atom. The molecule has 0 radical (unpaired) electrons. The molecule has 26 heavy (non-hydrogen) atoms. The van der Waals surface area contributed by atoms with E-state index in [0.29, 0.717) is 11.6 Å². The van der Waals surface area contributed by atoms with Crippen molar-refractivity contribution in [3.63, 3.8) is 0 Å². The van der Waals surface area contributed by atoms with Gasteiger partial charge in [0.1, 0.15) is 26.2 Å². The molecule has 144 valence electrons. The number of hydrogen-bond donors (Lipinski definition) is 4. The minimum Gasteiger partial charge on any atom is -0.351 e. The molecule has 1 aromatic carbocycles. The van der Waals surface area contributed by atoms with Gasteiger partial charge in [-0.15, -0.1) is 0 Å². The summed E-state index contributed by atoms with van der Waals surface area (Å²) in [7, 11) is 0. The van der Waals surface area contributed by atoms with Crippen LogP contribution in [0.15, 0.2) is 24.3 Å². The highest BCUT2D eigenvalue weighted by Gasteiger charge is 2.31. The van der Waals surface area contributed by atoms with Crippen LogP contribution in [0.4, 0.5) is 5.69 Å². The summed E-state index contributed by atoms with van der Waals surface area (Å²) in [6.07, 6.45) is 2.12. The third kappa shape index (κ3) is 6.59. The first-order valence-corrected chi connectivity index (χ1v) is 9.88. The van der Waals surface area contributed by atoms with Crippen LogP contribution in [0.3, 0.4) is 0 Å². The number of nitrogens with one attached hydrogen (secondary N) is 4. The van der Waals surface area contributed by atoms with Gasteiger partial charge in [0.15, 0.2) is 12.6 Å². The van der Waals surface area contributed by atoms with E-state index in [-0.39, 0.29) is 17.9 Å². The molecule has 1 aliphatic heterocycles. The van der Waals surface area contributed by atoms with Gasteiger partial charge in [-0.1, -0.05) is 24.9 Å². The van der Waals surface area contributed by atoms with Gasteiger partial charge in [0.05, 0.1) is 0 Å². The quantitative estimate of drug-likeness (QED) is 0.452. The van der Waals surface area contributed by atoms with E-state index in [1.807, 2.05) is 19.1 Å². The summed E-state index contributed by atoms with van der Waals surface area (Å²) in [4.78, 5) is 27.0. The second-order valence-electron chi connectivity index (χ2n) is 7.01. The zero-order chi connectivity index (χ0) is 18.9. The van der Waals surface area contributed by atoms with Crippen LogP contribution in [0, 0.1) is 0 Å². The van der Waals surface area contributed by atoms with Crippen LogP contribution < -0.4 is 20.4 Å². The molecule has 1 atom stereocenters. The van der Waals surface area contributed by atoms with E-state index in [4.69, 9.17) is 11.6 Å². The minimum atomic E-state index is -0.120. The Morgan fingerprint density at radius 1 is 1.15 bits per heavy atom. The Morgan fingerprint density at radius 3 is 2.42 bits per heavy atom. The Balaban J connectivity index is 1.73. The van der Waals surface area contributed by atoms with Gasteiger partial charge >= 0.3 is 0 Å². The molecule has 4 N–H and O–H groups in total. The average molecular weight is 383 g/mol. The van der Waals surface area contributed by atoms with Crippen LogP contribution in [0.25, 0.3) is 0 Å². The van der Waals surface area contributed by atoms with Crippen LogP contribution in [-0.4, -0.2) is 57.1 Å². The van der Waals surface area contributed by atoms with Crippen molar-refractivity contribution in [2.75, 3.05) is 44.6 Å². The number of piperazine rings is 1. The maximum Gasteiger partial charge on any atom is 0.282 e. The number of quaternary nitrogens is 2. The number of unbranched alkanes of at least 4 members (excludes halogenated alkanes) is 1. The second-order valence-corrected chi connectivity index (χ2v) is 7.44. The molecular formula is C19H31ClN4O2+2. The van der Waals surface area contributed by atoms with Crippen LogP contribution in [0.5, 0.6) is 0 Å². The molecule has 2 rings (SSSR count). The van der Waals surface area contributed by atoms with Crippen molar-refractivity contribution in [3.8, 4) is 0 Å². The zero-order valence-electron chi connectivity index (χ0n) is 15.7. The third-order valence-corrected chi connectivity index (χ3v) is 5.23. The number of hydrogen-bond acceptors (Lipinski definition) is 2. The van der Waals surface area contributed by atoms with Gasteiger partial charge in [0.2, 0.25) is 0 Å². The van der Waals surface area contributed by atoms with Gasteiger partial charge in [0.25, 0.3) is 11.8 Å². The molecule has 1 aromatic rings. The lowest BCUT2D eigenvalue weighted by molar-refractivity contribution is -1.01. The summed E-state index contributed by atoms with van der Waals surface area (Å²) in [6, 6.07) is 7.03. The van der Waals surface area contributed by atoms with Crippen LogP contribution in [-0.2, 0) is 9.59 Å². The van der Waals surface area contributed by atoms with E-state index in [1.54, 1.807) is 12.1 Å². The molecule has 0 aromatic heterocycles. The summed E-state index contributed by atoms with van der Waals surface area (Å²) < 4.78 is 0. The summed E-state index contributed by atoms with van der Waals surface area (Å²) in [5, 5.41) is 6.58. The maximum absolute atomic E-state index is 12.5. The molecule has 1 saturated heterocycles. The van der Waals surface area contributed by atoms with E-state index in [9.17, 15) is 9.59 Å². The highest BCUT2D eigenvalue weighted by molar-refractivity contribution is 6.30. The molecule has 1 aliphatic rings. The Kier molecular flexibility index (Phi) is 8.35. The molecule has 6 nitrogen and oxygen atoms in total. The predicted molar refractivity (Wildman–Crippen MR) is 104 cm³/mol. The first-order chi connectivity index (χ1) is 12.5. The lowest BCUT2D eigenvalue weighted by Gasteiger charge is -2.32. The molecular weight excluding hydrogens is 352 g/mol.